The first kappa shape index (κ1) is 13.9. The Morgan fingerprint density at radius 3 is 2.74 bits per heavy atom. The molecule has 3 heteroatoms. The molecule has 0 aromatic heterocycles. The molecule has 0 saturated heterocycles. The van der Waals surface area contributed by atoms with Crippen LogP contribution < -0.4 is 0 Å². The highest BCUT2D eigenvalue weighted by atomic mass is 19.1. The minimum Gasteiger partial charge on any atom is -0.508 e. The van der Waals surface area contributed by atoms with Crippen LogP contribution in [0.15, 0.2) is 6.07 Å². The van der Waals surface area contributed by atoms with Gasteiger partial charge in [0.25, 0.3) is 0 Å². The van der Waals surface area contributed by atoms with E-state index in [4.69, 9.17) is 6.57 Å². The van der Waals surface area contributed by atoms with Crippen LogP contribution in [0.1, 0.15) is 49.3 Å². The Labute approximate surface area is 114 Å². The smallest absolute Gasteiger partial charge is 0.217 e. The topological polar surface area (TPSA) is 24.6 Å². The standard InChI is InChI=1S/C16H20FNO/c1-10(2)15-14(19)8-12-6-4-11(9-18-3)5-7-13(12)16(15)17/h8,10-11,19H,4-7,9H2,1-2H3. The summed E-state index contributed by atoms with van der Waals surface area (Å²) in [7, 11) is 0. The molecular weight excluding hydrogens is 241 g/mol. The zero-order valence-electron chi connectivity index (χ0n) is 11.5. The molecule has 0 radical (unpaired) electrons. The number of rotatable bonds is 2. The molecule has 0 heterocycles. The van der Waals surface area contributed by atoms with E-state index in [2.05, 4.69) is 4.85 Å². The molecule has 2 nitrogen and oxygen atoms in total. The van der Waals surface area contributed by atoms with E-state index < -0.39 is 0 Å². The summed E-state index contributed by atoms with van der Waals surface area (Å²) in [6, 6.07) is 1.73. The van der Waals surface area contributed by atoms with Crippen molar-refractivity contribution in [1.29, 1.82) is 0 Å². The Hall–Kier alpha value is -1.56. The minimum absolute atomic E-state index is 0.0207. The molecule has 1 aliphatic carbocycles. The van der Waals surface area contributed by atoms with Crippen molar-refractivity contribution in [3.8, 4) is 5.75 Å². The molecule has 0 fully saturated rings. The summed E-state index contributed by atoms with van der Waals surface area (Å²) < 4.78 is 14.5. The van der Waals surface area contributed by atoms with Gasteiger partial charge in [0.05, 0.1) is 0 Å². The molecule has 1 aromatic rings. The van der Waals surface area contributed by atoms with Gasteiger partial charge >= 0.3 is 0 Å². The van der Waals surface area contributed by atoms with Crippen molar-refractivity contribution in [3.05, 3.63) is 40.0 Å². The van der Waals surface area contributed by atoms with E-state index in [1.165, 1.54) is 0 Å². The zero-order chi connectivity index (χ0) is 14.0. The predicted molar refractivity (Wildman–Crippen MR) is 73.8 cm³/mol. The molecule has 0 aliphatic heterocycles. The van der Waals surface area contributed by atoms with Gasteiger partial charge in [0, 0.05) is 11.5 Å². The first-order chi connectivity index (χ1) is 9.04. The van der Waals surface area contributed by atoms with Crippen molar-refractivity contribution >= 4 is 0 Å². The molecule has 19 heavy (non-hydrogen) atoms. The third kappa shape index (κ3) is 2.73. The van der Waals surface area contributed by atoms with E-state index in [9.17, 15) is 9.50 Å². The van der Waals surface area contributed by atoms with E-state index in [0.29, 0.717) is 24.4 Å². The number of hydrogen-bond donors (Lipinski definition) is 1. The molecule has 2 rings (SSSR count). The Morgan fingerprint density at radius 1 is 1.42 bits per heavy atom. The summed E-state index contributed by atoms with van der Waals surface area (Å²) in [6.07, 6.45) is 3.23. The Morgan fingerprint density at radius 2 is 2.11 bits per heavy atom. The van der Waals surface area contributed by atoms with Gasteiger partial charge < -0.3 is 9.95 Å². The lowest BCUT2D eigenvalue weighted by atomic mass is 9.93. The molecular formula is C16H20FNO. The van der Waals surface area contributed by atoms with Gasteiger partial charge in [-0.3, -0.25) is 0 Å². The van der Waals surface area contributed by atoms with Crippen LogP contribution in [0.4, 0.5) is 4.39 Å². The van der Waals surface area contributed by atoms with Crippen molar-refractivity contribution < 1.29 is 9.50 Å². The monoisotopic (exact) mass is 261 g/mol. The van der Waals surface area contributed by atoms with Crippen molar-refractivity contribution in [2.45, 2.75) is 45.4 Å². The van der Waals surface area contributed by atoms with Gasteiger partial charge in [0.1, 0.15) is 11.6 Å². The lowest BCUT2D eigenvalue weighted by Crippen LogP contribution is -2.04. The number of nitrogens with zero attached hydrogens (tertiary/aromatic N) is 1. The Balaban J connectivity index is 2.37. The van der Waals surface area contributed by atoms with Crippen LogP contribution >= 0.6 is 0 Å². The number of halogens is 1. The highest BCUT2D eigenvalue weighted by molar-refractivity contribution is 5.45. The molecule has 1 aliphatic rings. The number of benzene rings is 1. The van der Waals surface area contributed by atoms with Gasteiger partial charge in [-0.2, -0.15) is 0 Å². The fourth-order valence-electron chi connectivity index (χ4n) is 2.95. The molecule has 1 aromatic carbocycles. The molecule has 0 bridgehead atoms. The highest BCUT2D eigenvalue weighted by Crippen LogP contribution is 2.36. The SMILES string of the molecule is [C-]#[N+]CC1CCc2cc(O)c(C(C)C)c(F)c2CC1. The summed E-state index contributed by atoms with van der Waals surface area (Å²) >= 11 is 0. The first-order valence-corrected chi connectivity index (χ1v) is 6.91. The number of aromatic hydroxyl groups is 1. The molecule has 102 valence electrons. The van der Waals surface area contributed by atoms with E-state index >= 15 is 0 Å². The van der Waals surface area contributed by atoms with E-state index in [0.717, 1.165) is 30.4 Å². The largest absolute Gasteiger partial charge is 0.508 e. The lowest BCUT2D eigenvalue weighted by molar-refractivity contribution is 0.450. The number of hydrogen-bond acceptors (Lipinski definition) is 1. The lowest BCUT2D eigenvalue weighted by Gasteiger charge is -2.15. The van der Waals surface area contributed by atoms with Crippen molar-refractivity contribution in [2.24, 2.45) is 5.92 Å². The van der Waals surface area contributed by atoms with Crippen LogP contribution in [0.5, 0.6) is 5.75 Å². The van der Waals surface area contributed by atoms with Crippen LogP contribution in [0, 0.1) is 18.3 Å². The van der Waals surface area contributed by atoms with Crippen molar-refractivity contribution in [1.82, 2.24) is 0 Å². The molecule has 1 atom stereocenters. The summed E-state index contributed by atoms with van der Waals surface area (Å²) in [5, 5.41) is 9.99. The summed E-state index contributed by atoms with van der Waals surface area (Å²) in [4.78, 5) is 3.46. The highest BCUT2D eigenvalue weighted by Gasteiger charge is 2.24. The van der Waals surface area contributed by atoms with Crippen LogP contribution in [0.2, 0.25) is 0 Å². The van der Waals surface area contributed by atoms with Gasteiger partial charge in [-0.05, 0) is 48.8 Å². The maximum absolute atomic E-state index is 14.5. The van der Waals surface area contributed by atoms with E-state index in [1.807, 2.05) is 13.8 Å². The van der Waals surface area contributed by atoms with E-state index in [-0.39, 0.29) is 17.5 Å². The normalized spacial score (nSPS) is 18.8. The zero-order valence-corrected chi connectivity index (χ0v) is 11.5. The van der Waals surface area contributed by atoms with Gasteiger partial charge in [0.15, 0.2) is 0 Å². The van der Waals surface area contributed by atoms with Gasteiger partial charge in [-0.15, -0.1) is 0 Å². The second-order valence-electron chi connectivity index (χ2n) is 5.70. The number of fused-ring (bicyclic) bond motifs is 1. The average Bonchev–Trinajstić information content (AvgIpc) is 2.52. The van der Waals surface area contributed by atoms with Gasteiger partial charge in [0.2, 0.25) is 6.54 Å². The molecule has 1 N–H and O–H groups in total. The van der Waals surface area contributed by atoms with Crippen LogP contribution in [0.3, 0.4) is 0 Å². The third-order valence-corrected chi connectivity index (χ3v) is 4.03. The van der Waals surface area contributed by atoms with Crippen LogP contribution in [0.25, 0.3) is 4.85 Å². The maximum Gasteiger partial charge on any atom is 0.217 e. The van der Waals surface area contributed by atoms with Crippen molar-refractivity contribution in [2.75, 3.05) is 6.54 Å². The summed E-state index contributed by atoms with van der Waals surface area (Å²) in [6.45, 7) is 11.3. The fourth-order valence-corrected chi connectivity index (χ4v) is 2.95. The Bertz CT molecular complexity index is 516. The van der Waals surface area contributed by atoms with Gasteiger partial charge in [-0.1, -0.05) is 13.8 Å². The fraction of sp³-hybridized carbons (Fsp3) is 0.562. The molecule has 0 spiro atoms. The van der Waals surface area contributed by atoms with Crippen LogP contribution in [-0.4, -0.2) is 11.7 Å². The second kappa shape index (κ2) is 5.61. The van der Waals surface area contributed by atoms with E-state index in [1.54, 1.807) is 6.07 Å². The predicted octanol–water partition coefficient (Wildman–Crippen LogP) is 4.07. The minimum atomic E-state index is -0.228. The molecule has 1 unspecified atom stereocenters. The molecule has 0 saturated carbocycles. The third-order valence-electron chi connectivity index (χ3n) is 4.03. The summed E-state index contributed by atoms with van der Waals surface area (Å²) in [5.41, 5.74) is 2.11. The second-order valence-corrected chi connectivity index (χ2v) is 5.70. The number of phenolic OH excluding ortho intramolecular Hbond substituents is 1. The summed E-state index contributed by atoms with van der Waals surface area (Å²) in [5.74, 6) is 0.185. The van der Waals surface area contributed by atoms with Crippen LogP contribution in [-0.2, 0) is 12.8 Å². The number of aryl methyl sites for hydroxylation is 1. The quantitative estimate of drug-likeness (QED) is 0.630. The Kier molecular flexibility index (Phi) is 4.09. The van der Waals surface area contributed by atoms with Crippen molar-refractivity contribution in [3.63, 3.8) is 0 Å². The van der Waals surface area contributed by atoms with Gasteiger partial charge in [-0.25, -0.2) is 11.0 Å². The first-order valence-electron chi connectivity index (χ1n) is 6.91. The number of phenols is 1. The average molecular weight is 261 g/mol. The molecule has 0 amide bonds. The maximum atomic E-state index is 14.5.